The van der Waals surface area contributed by atoms with Crippen LogP contribution in [0.4, 0.5) is 0 Å². The second-order valence-electron chi connectivity index (χ2n) is 7.88. The van der Waals surface area contributed by atoms with Crippen LogP contribution in [0, 0.1) is 6.92 Å². The molecular formula is C21H26N4O4. The van der Waals surface area contributed by atoms with Crippen molar-refractivity contribution in [3.8, 4) is 0 Å². The second kappa shape index (κ2) is 7.94. The van der Waals surface area contributed by atoms with Crippen LogP contribution < -0.4 is 5.32 Å². The number of ether oxygens (including phenoxy) is 1. The van der Waals surface area contributed by atoms with E-state index in [-0.39, 0.29) is 30.4 Å². The maximum Gasteiger partial charge on any atom is 0.246 e. The highest BCUT2D eigenvalue weighted by Crippen LogP contribution is 2.50. The van der Waals surface area contributed by atoms with E-state index in [1.54, 1.807) is 6.92 Å². The first-order valence-corrected chi connectivity index (χ1v) is 9.97. The third-order valence-electron chi connectivity index (χ3n) is 5.87. The van der Waals surface area contributed by atoms with E-state index in [0.717, 1.165) is 18.4 Å². The monoisotopic (exact) mass is 398 g/mol. The number of carbonyl (C=O) groups is 2. The fourth-order valence-electron chi connectivity index (χ4n) is 4.23. The number of nitrogens with zero attached hydrogens (tertiary/aromatic N) is 3. The van der Waals surface area contributed by atoms with Crippen LogP contribution >= 0.6 is 0 Å². The van der Waals surface area contributed by atoms with Gasteiger partial charge >= 0.3 is 0 Å². The Balaban J connectivity index is 1.53. The van der Waals surface area contributed by atoms with Gasteiger partial charge in [-0.1, -0.05) is 35.5 Å². The van der Waals surface area contributed by atoms with Crippen LogP contribution in [0.5, 0.6) is 0 Å². The highest BCUT2D eigenvalue weighted by Gasteiger charge is 2.54. The fourth-order valence-corrected chi connectivity index (χ4v) is 4.23. The van der Waals surface area contributed by atoms with Crippen LogP contribution in [0.1, 0.15) is 42.5 Å². The molecule has 1 saturated carbocycles. The van der Waals surface area contributed by atoms with Gasteiger partial charge in [0.1, 0.15) is 6.61 Å². The summed E-state index contributed by atoms with van der Waals surface area (Å²) in [7, 11) is 1.48. The average molecular weight is 398 g/mol. The van der Waals surface area contributed by atoms with Gasteiger partial charge in [0.25, 0.3) is 0 Å². The van der Waals surface area contributed by atoms with E-state index in [9.17, 15) is 9.59 Å². The van der Waals surface area contributed by atoms with Crippen molar-refractivity contribution < 1.29 is 18.8 Å². The van der Waals surface area contributed by atoms with Crippen LogP contribution in [0.2, 0.25) is 0 Å². The number of hydrogen-bond donors (Lipinski definition) is 1. The molecule has 0 spiro atoms. The number of nitrogens with one attached hydrogen (secondary N) is 1. The summed E-state index contributed by atoms with van der Waals surface area (Å²) >= 11 is 0. The van der Waals surface area contributed by atoms with E-state index in [4.69, 9.17) is 9.26 Å². The minimum Gasteiger partial charge on any atom is -0.375 e. The Morgan fingerprint density at radius 3 is 2.69 bits per heavy atom. The fraction of sp³-hybridized carbons (Fsp3) is 0.524. The van der Waals surface area contributed by atoms with Gasteiger partial charge in [-0.2, -0.15) is 4.98 Å². The first-order valence-electron chi connectivity index (χ1n) is 9.97. The van der Waals surface area contributed by atoms with Crippen molar-refractivity contribution in [3.63, 3.8) is 0 Å². The quantitative estimate of drug-likeness (QED) is 0.793. The number of methoxy groups -OCH3 is 1. The van der Waals surface area contributed by atoms with Gasteiger partial charge in [-0.25, -0.2) is 0 Å². The number of amides is 2. The molecule has 1 saturated heterocycles. The maximum atomic E-state index is 13.4. The lowest BCUT2D eigenvalue weighted by Crippen LogP contribution is -2.55. The molecule has 2 aromatic rings. The summed E-state index contributed by atoms with van der Waals surface area (Å²) in [4.78, 5) is 31.8. The second-order valence-corrected chi connectivity index (χ2v) is 7.88. The first-order chi connectivity index (χ1) is 14.0. The Morgan fingerprint density at radius 2 is 2.07 bits per heavy atom. The normalized spacial score (nSPS) is 22.9. The molecule has 154 valence electrons. The van der Waals surface area contributed by atoms with Gasteiger partial charge in [0, 0.05) is 20.2 Å². The molecule has 1 aliphatic carbocycles. The molecule has 1 aromatic carbocycles. The summed E-state index contributed by atoms with van der Waals surface area (Å²) in [6.45, 7) is 2.74. The number of aromatic nitrogens is 2. The number of likely N-dealkylation sites (tertiary alicyclic amines) is 1. The molecule has 2 atom stereocenters. The van der Waals surface area contributed by atoms with Gasteiger partial charge in [-0.3, -0.25) is 9.59 Å². The molecule has 4 rings (SSSR count). The van der Waals surface area contributed by atoms with Crippen molar-refractivity contribution >= 4 is 11.8 Å². The lowest BCUT2D eigenvalue weighted by atomic mass is 9.88. The van der Waals surface area contributed by atoms with E-state index in [2.05, 4.69) is 15.5 Å². The summed E-state index contributed by atoms with van der Waals surface area (Å²) in [6, 6.07) is 9.65. The largest absolute Gasteiger partial charge is 0.375 e. The average Bonchev–Trinajstić information content (AvgIpc) is 3.43. The molecule has 1 aliphatic heterocycles. The van der Waals surface area contributed by atoms with Gasteiger partial charge in [0.2, 0.25) is 17.7 Å². The maximum absolute atomic E-state index is 13.4. The van der Waals surface area contributed by atoms with E-state index in [1.807, 2.05) is 35.2 Å². The highest BCUT2D eigenvalue weighted by molar-refractivity contribution is 5.91. The van der Waals surface area contributed by atoms with Crippen LogP contribution in [-0.4, -0.2) is 59.7 Å². The van der Waals surface area contributed by atoms with E-state index < -0.39 is 5.41 Å². The van der Waals surface area contributed by atoms with Crippen molar-refractivity contribution in [2.75, 3.05) is 26.8 Å². The molecule has 0 bridgehead atoms. The van der Waals surface area contributed by atoms with Crippen molar-refractivity contribution in [2.24, 2.45) is 0 Å². The molecular weight excluding hydrogens is 372 g/mol. The molecule has 2 heterocycles. The van der Waals surface area contributed by atoms with E-state index in [0.29, 0.717) is 31.2 Å². The lowest BCUT2D eigenvalue weighted by Gasteiger charge is -2.39. The molecule has 2 amide bonds. The standard InChI is InChI=1S/C21H26N4O4/c1-14-22-19(29-24-14)16-8-11-25(12-17(16)23-18(26)13-28-2)20(27)21(9-10-21)15-6-4-3-5-7-15/h3-7,16-17H,8-13H2,1-2H3,(H,23,26)/t16-,17+/m0/s1. The third-order valence-corrected chi connectivity index (χ3v) is 5.87. The molecule has 1 N–H and O–H groups in total. The lowest BCUT2D eigenvalue weighted by molar-refractivity contribution is -0.137. The summed E-state index contributed by atoms with van der Waals surface area (Å²) in [5, 5.41) is 6.87. The predicted octanol–water partition coefficient (Wildman–Crippen LogP) is 1.56. The number of aryl methyl sites for hydroxylation is 1. The summed E-state index contributed by atoms with van der Waals surface area (Å²) in [5.41, 5.74) is 0.649. The zero-order valence-corrected chi connectivity index (χ0v) is 16.8. The number of carbonyl (C=O) groups excluding carboxylic acids is 2. The van der Waals surface area contributed by atoms with Gasteiger partial charge in [0.15, 0.2) is 5.82 Å². The predicted molar refractivity (Wildman–Crippen MR) is 104 cm³/mol. The van der Waals surface area contributed by atoms with Crippen LogP contribution in [0.15, 0.2) is 34.9 Å². The molecule has 8 heteroatoms. The van der Waals surface area contributed by atoms with Gasteiger partial charge in [-0.15, -0.1) is 0 Å². The SMILES string of the molecule is COCC(=O)N[C@@H]1CN(C(=O)C2(c3ccccc3)CC2)CC[C@@H]1c1nc(C)no1. The van der Waals surface area contributed by atoms with Gasteiger partial charge < -0.3 is 19.5 Å². The Bertz CT molecular complexity index is 878. The summed E-state index contributed by atoms with van der Waals surface area (Å²) in [6.07, 6.45) is 2.37. The number of piperidine rings is 1. The van der Waals surface area contributed by atoms with E-state index >= 15 is 0 Å². The molecule has 2 fully saturated rings. The number of rotatable bonds is 6. The van der Waals surface area contributed by atoms with Crippen molar-refractivity contribution in [1.82, 2.24) is 20.4 Å². The molecule has 0 radical (unpaired) electrons. The van der Waals surface area contributed by atoms with Crippen molar-refractivity contribution in [2.45, 2.75) is 43.6 Å². The van der Waals surface area contributed by atoms with Crippen LogP contribution in [0.3, 0.4) is 0 Å². The molecule has 8 nitrogen and oxygen atoms in total. The highest BCUT2D eigenvalue weighted by atomic mass is 16.5. The zero-order valence-electron chi connectivity index (χ0n) is 16.8. The molecule has 1 aromatic heterocycles. The van der Waals surface area contributed by atoms with Gasteiger partial charge in [-0.05, 0) is 31.7 Å². The van der Waals surface area contributed by atoms with Crippen LogP contribution in [0.25, 0.3) is 0 Å². The van der Waals surface area contributed by atoms with Crippen LogP contribution in [-0.2, 0) is 19.7 Å². The molecule has 0 unspecified atom stereocenters. The summed E-state index contributed by atoms with van der Waals surface area (Å²) in [5.74, 6) is 0.836. The minimum absolute atomic E-state index is 0.0337. The molecule has 2 aliphatic rings. The zero-order chi connectivity index (χ0) is 20.4. The Labute approximate surface area is 169 Å². The minimum atomic E-state index is -0.420. The molecule has 29 heavy (non-hydrogen) atoms. The number of hydrogen-bond acceptors (Lipinski definition) is 6. The summed E-state index contributed by atoms with van der Waals surface area (Å²) < 4.78 is 10.3. The Kier molecular flexibility index (Phi) is 5.36. The first kappa shape index (κ1) is 19.6. The van der Waals surface area contributed by atoms with Crippen molar-refractivity contribution in [3.05, 3.63) is 47.6 Å². The van der Waals surface area contributed by atoms with Gasteiger partial charge in [0.05, 0.1) is 17.4 Å². The number of benzene rings is 1. The third kappa shape index (κ3) is 3.89. The topological polar surface area (TPSA) is 97.6 Å². The van der Waals surface area contributed by atoms with E-state index in [1.165, 1.54) is 7.11 Å². The van der Waals surface area contributed by atoms with Crippen molar-refractivity contribution in [1.29, 1.82) is 0 Å². The smallest absolute Gasteiger partial charge is 0.246 e. The Hall–Kier alpha value is -2.74. The Morgan fingerprint density at radius 1 is 1.31 bits per heavy atom.